The van der Waals surface area contributed by atoms with Crippen molar-refractivity contribution >= 4 is 0 Å². The molecule has 4 heterocycles. The Hall–Kier alpha value is -8.00. The van der Waals surface area contributed by atoms with Gasteiger partial charge >= 0.3 is 0 Å². The molecule has 1 fully saturated rings. The van der Waals surface area contributed by atoms with E-state index in [0.29, 0.717) is 0 Å². The molecule has 4 aliphatic rings. The van der Waals surface area contributed by atoms with Crippen molar-refractivity contribution in [2.45, 2.75) is 85.6 Å². The number of ether oxygens (including phenoxy) is 5. The molecule has 6 aromatic carbocycles. The fraction of sp³-hybridized carbons (Fsp3) is 0.294. The third kappa shape index (κ3) is 8.11. The van der Waals surface area contributed by atoms with Crippen LogP contribution in [0.5, 0.6) is 86.2 Å². The van der Waals surface area contributed by atoms with E-state index >= 15 is 0 Å². The molecule has 0 radical (unpaired) electrons. The number of fused-ring (bicyclic) bond motifs is 3. The Morgan fingerprint density at radius 1 is 0.419 bits per heavy atom. The van der Waals surface area contributed by atoms with Gasteiger partial charge in [0.2, 0.25) is 0 Å². The van der Waals surface area contributed by atoms with E-state index in [1.165, 1.54) is 18.2 Å². The topological polar surface area (TPSA) is 410 Å². The molecule has 0 unspecified atom stereocenters. The minimum Gasteiger partial charge on any atom is -0.508 e. The highest BCUT2D eigenvalue weighted by Gasteiger charge is 2.52. The largest absolute Gasteiger partial charge is 0.508 e. The Labute approximate surface area is 416 Å². The number of aliphatic hydroxyl groups is 6. The normalized spacial score (nSPS) is 28.2. The highest BCUT2D eigenvalue weighted by atomic mass is 16.7. The second-order valence-electron chi connectivity index (χ2n) is 18.5. The summed E-state index contributed by atoms with van der Waals surface area (Å²) in [5.74, 6) is -12.7. The summed E-state index contributed by atoms with van der Waals surface area (Å²) in [7, 11) is 0. The molecule has 23 nitrogen and oxygen atoms in total. The first-order chi connectivity index (χ1) is 35.2. The van der Waals surface area contributed by atoms with Gasteiger partial charge in [0, 0.05) is 58.5 Å². The molecule has 23 heteroatoms. The van der Waals surface area contributed by atoms with E-state index < -0.39 is 189 Å². The molecular formula is C51H48O23. The maximum Gasteiger partial charge on any atom is 0.187 e. The van der Waals surface area contributed by atoms with Crippen molar-refractivity contribution in [3.05, 3.63) is 123 Å². The van der Waals surface area contributed by atoms with Crippen LogP contribution in [0.4, 0.5) is 0 Å². The fourth-order valence-corrected chi connectivity index (χ4v) is 10.4. The zero-order chi connectivity index (χ0) is 52.9. The number of phenols is 12. The number of aliphatic hydroxyl groups excluding tert-OH is 6. The molecule has 6 aromatic rings. The van der Waals surface area contributed by atoms with Gasteiger partial charge < -0.3 is 116 Å². The van der Waals surface area contributed by atoms with Crippen molar-refractivity contribution in [1.82, 2.24) is 0 Å². The van der Waals surface area contributed by atoms with Crippen LogP contribution in [0.15, 0.2) is 78.9 Å². The molecule has 0 aliphatic carbocycles. The summed E-state index contributed by atoms with van der Waals surface area (Å²) in [6.07, 6.45) is -19.4. The third-order valence-corrected chi connectivity index (χ3v) is 14.0. The second-order valence-corrected chi connectivity index (χ2v) is 18.5. The van der Waals surface area contributed by atoms with Crippen LogP contribution in [-0.2, 0) is 15.9 Å². The van der Waals surface area contributed by atoms with Gasteiger partial charge in [-0.15, -0.1) is 0 Å². The molecule has 0 bridgehead atoms. The summed E-state index contributed by atoms with van der Waals surface area (Å²) in [6.45, 7) is -0.826. The lowest BCUT2D eigenvalue weighted by Crippen LogP contribution is -2.60. The lowest BCUT2D eigenvalue weighted by Gasteiger charge is -2.44. The first kappa shape index (κ1) is 49.6. The lowest BCUT2D eigenvalue weighted by atomic mass is 9.73. The summed E-state index contributed by atoms with van der Waals surface area (Å²) in [6, 6.07) is 13.9. The van der Waals surface area contributed by atoms with E-state index in [2.05, 4.69) is 0 Å². The van der Waals surface area contributed by atoms with E-state index in [0.717, 1.165) is 60.7 Å². The van der Waals surface area contributed by atoms with Crippen LogP contribution in [0.25, 0.3) is 0 Å². The zero-order valence-corrected chi connectivity index (χ0v) is 38.0. The second kappa shape index (κ2) is 18.5. The molecule has 0 aromatic heterocycles. The average Bonchev–Trinajstić information content (AvgIpc) is 3.35. The van der Waals surface area contributed by atoms with Crippen molar-refractivity contribution in [3.63, 3.8) is 0 Å². The van der Waals surface area contributed by atoms with E-state index in [9.17, 15) is 91.9 Å². The minimum absolute atomic E-state index is 0.0317. The van der Waals surface area contributed by atoms with Gasteiger partial charge in [0.25, 0.3) is 0 Å². The van der Waals surface area contributed by atoms with Crippen molar-refractivity contribution < 1.29 is 116 Å². The molecule has 13 atom stereocenters. The van der Waals surface area contributed by atoms with Crippen molar-refractivity contribution in [2.75, 3.05) is 6.61 Å². The summed E-state index contributed by atoms with van der Waals surface area (Å²) in [4.78, 5) is 0. The summed E-state index contributed by atoms with van der Waals surface area (Å²) >= 11 is 0. The Bertz CT molecular complexity index is 3180. The zero-order valence-electron chi connectivity index (χ0n) is 38.0. The first-order valence-corrected chi connectivity index (χ1v) is 22.8. The van der Waals surface area contributed by atoms with E-state index in [-0.39, 0.29) is 33.6 Å². The Balaban J connectivity index is 1.20. The molecular weight excluding hydrogens is 981 g/mol. The highest BCUT2D eigenvalue weighted by molar-refractivity contribution is 5.71. The van der Waals surface area contributed by atoms with Crippen molar-refractivity contribution in [3.8, 4) is 86.2 Å². The summed E-state index contributed by atoms with van der Waals surface area (Å²) in [5, 5.41) is 200. The predicted molar refractivity (Wildman–Crippen MR) is 247 cm³/mol. The van der Waals surface area contributed by atoms with E-state index in [1.54, 1.807) is 0 Å². The maximum atomic E-state index is 12.8. The van der Waals surface area contributed by atoms with Crippen LogP contribution in [0.2, 0.25) is 0 Å². The fourth-order valence-electron chi connectivity index (χ4n) is 10.4. The average molecular weight is 1030 g/mol. The van der Waals surface area contributed by atoms with Gasteiger partial charge in [0.15, 0.2) is 59.1 Å². The predicted octanol–water partition coefficient (Wildman–Crippen LogP) is 2.27. The standard InChI is InChI=1S/C51H48O23/c52-15-34-41(65)44(68)45(69)51(72-34)71-33-12-20-24(57)13-29(62)36(49(20)73-46(33)16-1-4-21(54)25(58)7-16)40-38-31(64)14-30(63)37(50(38)74-48(43(40)67)18-3-6-23(56)27(60)9-18)39-35-28(61)10-19(53)11-32(35)70-47(42(39)66)17-2-5-22(55)26(59)8-17/h1-11,13-14,33-34,39-48,51-69H,12,15H2/t33-,34+,39+,40-,41+,42+,43+,44+,45+,46+,47+,48+,51+/m0/s1. The molecule has 74 heavy (non-hydrogen) atoms. The van der Waals surface area contributed by atoms with Crippen LogP contribution in [0.3, 0.4) is 0 Å². The molecule has 1 saturated heterocycles. The number of hydrogen-bond acceptors (Lipinski definition) is 23. The molecule has 390 valence electrons. The van der Waals surface area contributed by atoms with Gasteiger partial charge in [-0.2, -0.15) is 0 Å². The van der Waals surface area contributed by atoms with Crippen LogP contribution in [0.1, 0.15) is 74.7 Å². The first-order valence-electron chi connectivity index (χ1n) is 22.8. The van der Waals surface area contributed by atoms with Crippen LogP contribution in [-0.4, -0.2) is 148 Å². The number of aromatic hydroxyl groups is 12. The smallest absolute Gasteiger partial charge is 0.187 e. The number of benzene rings is 6. The minimum atomic E-state index is -2.01. The highest BCUT2D eigenvalue weighted by Crippen LogP contribution is 2.62. The Morgan fingerprint density at radius 2 is 0.878 bits per heavy atom. The van der Waals surface area contributed by atoms with Gasteiger partial charge in [0.1, 0.15) is 94.5 Å². The van der Waals surface area contributed by atoms with E-state index in [4.69, 9.17) is 23.7 Å². The van der Waals surface area contributed by atoms with E-state index in [1.807, 2.05) is 0 Å². The van der Waals surface area contributed by atoms with Crippen LogP contribution >= 0.6 is 0 Å². The molecule has 0 amide bonds. The van der Waals surface area contributed by atoms with Gasteiger partial charge in [-0.1, -0.05) is 18.2 Å². The maximum absolute atomic E-state index is 12.8. The van der Waals surface area contributed by atoms with Gasteiger partial charge in [0.05, 0.1) is 18.4 Å². The number of rotatable bonds is 8. The van der Waals surface area contributed by atoms with Crippen LogP contribution < -0.4 is 14.2 Å². The van der Waals surface area contributed by atoms with Crippen LogP contribution in [0, 0.1) is 0 Å². The molecule has 18 N–H and O–H groups in total. The van der Waals surface area contributed by atoms with Gasteiger partial charge in [-0.05, 0) is 53.1 Å². The third-order valence-electron chi connectivity index (χ3n) is 14.0. The van der Waals surface area contributed by atoms with Gasteiger partial charge in [-0.25, -0.2) is 0 Å². The monoisotopic (exact) mass is 1030 g/mol. The summed E-state index contributed by atoms with van der Waals surface area (Å²) in [5.41, 5.74) is -1.72. The SMILES string of the molecule is OC[C@H]1O[C@@H](O[C@H]2Cc3c(O)cc(O)c([C@H]4c5c(O)cc(O)c([C@H]6c7c(O)cc(O)cc7O[C@H](c7ccc(O)c(O)c7)[C@@H]6O)c5O[C@H](c5ccc(O)c(O)c5)[C@@H]4O)c3O[C@@H]2c2ccc(O)c(O)c2)[C@H](O)[C@H](O)[C@@H]1O. The molecule has 10 rings (SSSR count). The number of hydrogen-bond donors (Lipinski definition) is 18. The Kier molecular flexibility index (Phi) is 12.4. The summed E-state index contributed by atoms with van der Waals surface area (Å²) < 4.78 is 31.1. The van der Waals surface area contributed by atoms with Crippen molar-refractivity contribution in [1.29, 1.82) is 0 Å². The van der Waals surface area contributed by atoms with Gasteiger partial charge in [-0.3, -0.25) is 0 Å². The Morgan fingerprint density at radius 3 is 1.41 bits per heavy atom. The van der Waals surface area contributed by atoms with Crippen molar-refractivity contribution in [2.24, 2.45) is 0 Å². The number of phenolic OH excluding ortho intramolecular Hbond substituents is 12. The molecule has 0 spiro atoms. The molecule has 4 aliphatic heterocycles. The molecule has 0 saturated carbocycles. The lowest BCUT2D eigenvalue weighted by molar-refractivity contribution is -0.317. The quantitative estimate of drug-likeness (QED) is 0.0972.